The smallest absolute Gasteiger partial charge is 0.371 e. The third-order valence-electron chi connectivity index (χ3n) is 5.06. The average Bonchev–Trinajstić information content (AvgIpc) is 2.66. The zero-order chi connectivity index (χ0) is 20.0. The van der Waals surface area contributed by atoms with E-state index in [1.807, 2.05) is 0 Å². The maximum Gasteiger partial charge on any atom is 0.417 e. The lowest BCUT2D eigenvalue weighted by molar-refractivity contribution is -0.137. The first-order chi connectivity index (χ1) is 13.4. The third-order valence-corrected chi connectivity index (χ3v) is 5.06. The number of ether oxygens (including phenoxy) is 1. The number of halogens is 3. The van der Waals surface area contributed by atoms with Gasteiger partial charge in [-0.25, -0.2) is 0 Å². The van der Waals surface area contributed by atoms with Crippen LogP contribution in [0.5, 0.6) is 0 Å². The van der Waals surface area contributed by atoms with Crippen LogP contribution in [0.2, 0.25) is 0 Å². The summed E-state index contributed by atoms with van der Waals surface area (Å²) >= 11 is 0. The number of hydrogen-bond acceptors (Lipinski definition) is 3. The molecule has 0 saturated carbocycles. The lowest BCUT2D eigenvalue weighted by Crippen LogP contribution is -2.39. The van der Waals surface area contributed by atoms with Crippen LogP contribution in [0.15, 0.2) is 53.8 Å². The number of nitrogens with zero attached hydrogens (tertiary/aromatic N) is 1. The van der Waals surface area contributed by atoms with E-state index in [-0.39, 0.29) is 6.10 Å². The van der Waals surface area contributed by atoms with Crippen LogP contribution >= 0.6 is 0 Å². The summed E-state index contributed by atoms with van der Waals surface area (Å²) in [6.07, 6.45) is 8.89. The lowest BCUT2D eigenvalue weighted by atomic mass is 9.94. The second kappa shape index (κ2) is 9.52. The molecule has 1 aliphatic carbocycles. The third kappa shape index (κ3) is 6.04. The van der Waals surface area contributed by atoms with E-state index in [0.29, 0.717) is 18.0 Å². The number of pyridine rings is 1. The molecule has 0 spiro atoms. The summed E-state index contributed by atoms with van der Waals surface area (Å²) in [5.74, 6) is 0.440. The highest BCUT2D eigenvalue weighted by Gasteiger charge is 2.30. The van der Waals surface area contributed by atoms with E-state index in [1.165, 1.54) is 17.2 Å². The Morgan fingerprint density at radius 2 is 2.07 bits per heavy atom. The molecule has 2 aliphatic rings. The summed E-state index contributed by atoms with van der Waals surface area (Å²) in [5.41, 5.74) is 2.47. The van der Waals surface area contributed by atoms with Gasteiger partial charge < -0.3 is 10.1 Å². The summed E-state index contributed by atoms with van der Waals surface area (Å²) in [4.78, 5) is 3.96. The van der Waals surface area contributed by atoms with Crippen molar-refractivity contribution in [1.82, 2.24) is 10.3 Å². The fourth-order valence-electron chi connectivity index (χ4n) is 3.48. The number of aryl methyl sites for hydroxylation is 1. The monoisotopic (exact) mass is 392 g/mol. The van der Waals surface area contributed by atoms with Gasteiger partial charge in [-0.3, -0.25) is 4.98 Å². The van der Waals surface area contributed by atoms with Gasteiger partial charge >= 0.3 is 6.18 Å². The molecule has 2 unspecified atom stereocenters. The minimum absolute atomic E-state index is 0.105. The van der Waals surface area contributed by atoms with E-state index in [9.17, 15) is 13.2 Å². The van der Waals surface area contributed by atoms with Gasteiger partial charge in [0.05, 0.1) is 18.3 Å². The van der Waals surface area contributed by atoms with Gasteiger partial charge in [-0.15, -0.1) is 0 Å². The van der Waals surface area contributed by atoms with Crippen molar-refractivity contribution >= 4 is 0 Å². The van der Waals surface area contributed by atoms with Gasteiger partial charge in [-0.1, -0.05) is 36.8 Å². The molecule has 3 rings (SSSR count). The first-order valence-electron chi connectivity index (χ1n) is 9.85. The molecule has 1 N–H and O–H groups in total. The molecule has 2 heterocycles. The Kier molecular flexibility index (Phi) is 7.08. The lowest BCUT2D eigenvalue weighted by Gasteiger charge is -2.25. The molecule has 1 aromatic rings. The van der Waals surface area contributed by atoms with Gasteiger partial charge in [0.25, 0.3) is 0 Å². The molecule has 152 valence electrons. The maximum atomic E-state index is 12.6. The van der Waals surface area contributed by atoms with Crippen molar-refractivity contribution < 1.29 is 17.9 Å². The van der Waals surface area contributed by atoms with E-state index < -0.39 is 11.7 Å². The molecular weight excluding hydrogens is 365 g/mol. The van der Waals surface area contributed by atoms with Crippen LogP contribution in [0, 0.1) is 5.92 Å². The maximum absolute atomic E-state index is 12.6. The predicted molar refractivity (Wildman–Crippen MR) is 104 cm³/mol. The topological polar surface area (TPSA) is 34.2 Å². The Morgan fingerprint density at radius 3 is 2.75 bits per heavy atom. The number of hydrogen-bond donors (Lipinski definition) is 1. The summed E-state index contributed by atoms with van der Waals surface area (Å²) in [7, 11) is 0. The Morgan fingerprint density at radius 1 is 1.21 bits per heavy atom. The highest BCUT2D eigenvalue weighted by atomic mass is 19.4. The summed E-state index contributed by atoms with van der Waals surface area (Å²) in [6, 6.07) is 2.58. The van der Waals surface area contributed by atoms with Crippen molar-refractivity contribution in [1.29, 1.82) is 0 Å². The average molecular weight is 392 g/mol. The summed E-state index contributed by atoms with van der Waals surface area (Å²) in [6.45, 7) is 4.66. The molecule has 0 radical (unpaired) electrons. The van der Waals surface area contributed by atoms with Gasteiger partial charge in [-0.05, 0) is 49.3 Å². The normalized spacial score (nSPS) is 23.6. The van der Waals surface area contributed by atoms with Gasteiger partial charge in [0.15, 0.2) is 0 Å². The summed E-state index contributed by atoms with van der Waals surface area (Å²) in [5, 5.41) is 3.36. The second-order valence-electron chi connectivity index (χ2n) is 7.45. The van der Waals surface area contributed by atoms with Crippen LogP contribution in [-0.2, 0) is 17.3 Å². The number of rotatable bonds is 5. The number of aromatic nitrogens is 1. The van der Waals surface area contributed by atoms with Crippen molar-refractivity contribution in [3.63, 3.8) is 0 Å². The largest absolute Gasteiger partial charge is 0.417 e. The van der Waals surface area contributed by atoms with Crippen molar-refractivity contribution in [2.75, 3.05) is 19.7 Å². The van der Waals surface area contributed by atoms with Crippen LogP contribution in [0.25, 0.3) is 0 Å². The minimum atomic E-state index is -4.33. The Hall–Kier alpha value is -1.92. The molecule has 1 fully saturated rings. The van der Waals surface area contributed by atoms with Crippen molar-refractivity contribution in [2.24, 2.45) is 5.92 Å². The zero-order valence-corrected chi connectivity index (χ0v) is 16.1. The highest BCUT2D eigenvalue weighted by Crippen LogP contribution is 2.28. The highest BCUT2D eigenvalue weighted by molar-refractivity contribution is 5.33. The molecule has 1 aromatic heterocycles. The number of alkyl halides is 3. The zero-order valence-electron chi connectivity index (χ0n) is 16.1. The van der Waals surface area contributed by atoms with Crippen LogP contribution < -0.4 is 5.32 Å². The van der Waals surface area contributed by atoms with Crippen molar-refractivity contribution in [3.05, 3.63) is 65.0 Å². The van der Waals surface area contributed by atoms with Crippen LogP contribution in [0.4, 0.5) is 13.2 Å². The molecule has 2 atom stereocenters. The van der Waals surface area contributed by atoms with Crippen LogP contribution in [0.3, 0.4) is 0 Å². The fourth-order valence-corrected chi connectivity index (χ4v) is 3.48. The van der Waals surface area contributed by atoms with Gasteiger partial charge in [0.2, 0.25) is 0 Å². The predicted octanol–water partition coefficient (Wildman–Crippen LogP) is 4.86. The Labute approximate surface area is 164 Å². The van der Waals surface area contributed by atoms with Crippen molar-refractivity contribution in [3.8, 4) is 0 Å². The minimum Gasteiger partial charge on any atom is -0.371 e. The van der Waals surface area contributed by atoms with Gasteiger partial charge in [-0.2, -0.15) is 13.2 Å². The quantitative estimate of drug-likeness (QED) is 0.777. The van der Waals surface area contributed by atoms with Crippen LogP contribution in [-0.4, -0.2) is 30.8 Å². The summed E-state index contributed by atoms with van der Waals surface area (Å²) < 4.78 is 43.7. The standard InChI is InChI=1S/C22H27F3N2O/c1-16-5-7-18(21-15-26-11-12-28-21)8-6-17(13-16)3-2-4-20-10-9-19(14-27-20)22(23,24)25/h6-10,13-14,16,21,26H,2-5,11-12,15H2,1H3. The van der Waals surface area contributed by atoms with E-state index in [2.05, 4.69) is 41.5 Å². The molecule has 28 heavy (non-hydrogen) atoms. The Balaban J connectivity index is 1.56. The molecule has 1 aliphatic heterocycles. The van der Waals surface area contributed by atoms with Crippen molar-refractivity contribution in [2.45, 2.75) is 44.9 Å². The van der Waals surface area contributed by atoms with Crippen LogP contribution in [0.1, 0.15) is 37.4 Å². The fraction of sp³-hybridized carbons (Fsp3) is 0.500. The number of morpholine rings is 1. The number of nitrogens with one attached hydrogen (secondary N) is 1. The van der Waals surface area contributed by atoms with Gasteiger partial charge in [0, 0.05) is 25.0 Å². The molecule has 0 aromatic carbocycles. The van der Waals surface area contributed by atoms with E-state index in [1.54, 1.807) is 0 Å². The molecule has 3 nitrogen and oxygen atoms in total. The molecule has 0 bridgehead atoms. The first kappa shape index (κ1) is 20.8. The van der Waals surface area contributed by atoms with E-state index >= 15 is 0 Å². The molecule has 1 saturated heterocycles. The number of allylic oxidation sites excluding steroid dienone is 4. The second-order valence-corrected chi connectivity index (χ2v) is 7.45. The van der Waals surface area contributed by atoms with Gasteiger partial charge in [0.1, 0.15) is 0 Å². The molecule has 0 amide bonds. The van der Waals surface area contributed by atoms with E-state index in [0.717, 1.165) is 51.2 Å². The first-order valence-corrected chi connectivity index (χ1v) is 9.85. The molecular formula is C22H27F3N2O. The van der Waals surface area contributed by atoms with E-state index in [4.69, 9.17) is 4.74 Å². The SMILES string of the molecule is CC1C=C(CCCc2ccc(C(F)(F)F)cn2)C=CC(C2CNCCO2)=CC1. The Bertz CT molecular complexity index is 729. The molecule has 6 heteroatoms.